The summed E-state index contributed by atoms with van der Waals surface area (Å²) < 4.78 is 38.1. The smallest absolute Gasteiger partial charge is 0.287 e. The summed E-state index contributed by atoms with van der Waals surface area (Å²) in [6.07, 6.45) is 2.33. The first-order valence-corrected chi connectivity index (χ1v) is 14.5. The van der Waals surface area contributed by atoms with Gasteiger partial charge < -0.3 is 19.5 Å². The Labute approximate surface area is 235 Å². The molecule has 206 valence electrons. The van der Waals surface area contributed by atoms with Crippen LogP contribution in [0, 0.1) is 13.8 Å². The summed E-state index contributed by atoms with van der Waals surface area (Å²) in [7, 11) is -4.06. The van der Waals surface area contributed by atoms with Crippen molar-refractivity contribution in [2.45, 2.75) is 26.7 Å². The number of amides is 2. The zero-order chi connectivity index (χ0) is 28.2. The van der Waals surface area contributed by atoms with Gasteiger partial charge in [0.25, 0.3) is 11.8 Å². The third-order valence-electron chi connectivity index (χ3n) is 5.99. The van der Waals surface area contributed by atoms with Crippen LogP contribution in [0.2, 0.25) is 10.0 Å². The average molecular weight is 593 g/mol. The Bertz CT molecular complexity index is 1590. The average Bonchev–Trinajstić information content (AvgIpc) is 3.53. The molecule has 0 saturated heterocycles. The van der Waals surface area contributed by atoms with E-state index in [1.165, 1.54) is 12.3 Å². The van der Waals surface area contributed by atoms with Gasteiger partial charge in [0.2, 0.25) is 10.0 Å². The van der Waals surface area contributed by atoms with Gasteiger partial charge in [0.15, 0.2) is 5.76 Å². The van der Waals surface area contributed by atoms with E-state index < -0.39 is 27.6 Å². The Morgan fingerprint density at radius 2 is 1.79 bits per heavy atom. The minimum atomic E-state index is -4.06. The van der Waals surface area contributed by atoms with Crippen LogP contribution in [0.3, 0.4) is 0 Å². The second-order valence-electron chi connectivity index (χ2n) is 8.97. The van der Waals surface area contributed by atoms with Crippen molar-refractivity contribution >= 4 is 55.9 Å². The molecule has 0 unspecified atom stereocenters. The van der Waals surface area contributed by atoms with Crippen LogP contribution in [0.4, 0.5) is 0 Å². The summed E-state index contributed by atoms with van der Waals surface area (Å²) in [5, 5.41) is 4.37. The number of hydrogen-bond donors (Lipinski definition) is 3. The topological polar surface area (TPSA) is 130 Å². The highest BCUT2D eigenvalue weighted by Crippen LogP contribution is 2.28. The number of rotatable bonds is 11. The molecule has 3 N–H and O–H groups in total. The minimum absolute atomic E-state index is 0.0584. The number of aromatic nitrogens is 1. The van der Waals surface area contributed by atoms with Gasteiger partial charge in [0.05, 0.1) is 18.6 Å². The number of H-pyrrole nitrogens is 1. The van der Waals surface area contributed by atoms with Crippen LogP contribution in [0.15, 0.2) is 53.1 Å². The summed E-state index contributed by atoms with van der Waals surface area (Å²) >= 11 is 12.4. The summed E-state index contributed by atoms with van der Waals surface area (Å²) in [4.78, 5) is 28.0. The molecule has 0 fully saturated rings. The molecule has 0 saturated carbocycles. The van der Waals surface area contributed by atoms with E-state index in [-0.39, 0.29) is 18.0 Å². The number of hydrogen-bond acceptors (Lipinski definition) is 6. The third-order valence-corrected chi connectivity index (χ3v) is 8.06. The predicted molar refractivity (Wildman–Crippen MR) is 150 cm³/mol. The first-order chi connectivity index (χ1) is 18.5. The van der Waals surface area contributed by atoms with Crippen LogP contribution in [0.25, 0.3) is 10.9 Å². The number of furan rings is 1. The van der Waals surface area contributed by atoms with Gasteiger partial charge in [-0.2, -0.15) is 0 Å². The second kappa shape index (κ2) is 12.1. The van der Waals surface area contributed by atoms with E-state index >= 15 is 0 Å². The maximum absolute atomic E-state index is 13.1. The minimum Gasteiger partial charge on any atom is -0.494 e. The molecule has 39 heavy (non-hydrogen) atoms. The Balaban J connectivity index is 1.42. The lowest BCUT2D eigenvalue weighted by Crippen LogP contribution is -2.37. The number of carbonyl (C=O) groups is 2. The first kappa shape index (κ1) is 28.5. The highest BCUT2D eigenvalue weighted by Gasteiger charge is 2.23. The number of ether oxygens (including phenoxy) is 1. The normalized spacial score (nSPS) is 11.5. The fourth-order valence-corrected chi connectivity index (χ4v) is 5.29. The fraction of sp³-hybridized carbons (Fsp3) is 0.259. The van der Waals surface area contributed by atoms with Gasteiger partial charge in [-0.15, -0.1) is 0 Å². The van der Waals surface area contributed by atoms with Crippen molar-refractivity contribution in [3.05, 3.63) is 86.9 Å². The number of carbonyl (C=O) groups excluding carboxylic acids is 2. The van der Waals surface area contributed by atoms with E-state index in [1.807, 2.05) is 26.0 Å². The molecule has 4 rings (SSSR count). The van der Waals surface area contributed by atoms with Gasteiger partial charge in [-0.3, -0.25) is 9.59 Å². The molecule has 0 aliphatic rings. The standard InChI is InChI=1S/C27H27Cl2N3O6S/c1-16-13-19(14-17(2)24(16)29)37-10-3-5-21-20-8-7-18(28)15-22(20)31-25(21)27(34)32-39(35,36)12-9-30-26(33)23-6-4-11-38-23/h4,6-8,11,13-15,31H,3,5,9-10,12H2,1-2H3,(H,30,33)(H,32,34). The number of aryl methyl sites for hydroxylation is 3. The summed E-state index contributed by atoms with van der Waals surface area (Å²) in [6, 6.07) is 11.9. The lowest BCUT2D eigenvalue weighted by molar-refractivity contribution is 0.0928. The molecule has 2 aromatic heterocycles. The van der Waals surface area contributed by atoms with Crippen LogP contribution in [0.5, 0.6) is 5.75 Å². The third kappa shape index (κ3) is 7.14. The van der Waals surface area contributed by atoms with E-state index in [2.05, 4.69) is 15.0 Å². The molecule has 0 bridgehead atoms. The Kier molecular flexibility index (Phi) is 8.89. The summed E-state index contributed by atoms with van der Waals surface area (Å²) in [5.41, 5.74) is 3.21. The molecular formula is C27H27Cl2N3O6S. The molecule has 4 aromatic rings. The molecular weight excluding hydrogens is 565 g/mol. The number of nitrogens with one attached hydrogen (secondary N) is 3. The SMILES string of the molecule is Cc1cc(OCCCc2c(C(=O)NS(=O)(=O)CCNC(=O)c3ccco3)[nH]c3cc(Cl)ccc23)cc(C)c1Cl. The number of sulfonamides is 1. The largest absolute Gasteiger partial charge is 0.494 e. The van der Waals surface area contributed by atoms with Crippen molar-refractivity contribution in [1.82, 2.24) is 15.0 Å². The van der Waals surface area contributed by atoms with Crippen LogP contribution in [-0.4, -0.2) is 44.1 Å². The van der Waals surface area contributed by atoms with Crippen molar-refractivity contribution in [1.29, 1.82) is 0 Å². The van der Waals surface area contributed by atoms with Gasteiger partial charge in [-0.1, -0.05) is 29.3 Å². The molecule has 0 aliphatic heterocycles. The van der Waals surface area contributed by atoms with Crippen molar-refractivity contribution in [3.63, 3.8) is 0 Å². The van der Waals surface area contributed by atoms with E-state index in [0.717, 1.165) is 16.5 Å². The number of aromatic amines is 1. The molecule has 9 nitrogen and oxygen atoms in total. The molecule has 12 heteroatoms. The van der Waals surface area contributed by atoms with Crippen molar-refractivity contribution < 1.29 is 27.2 Å². The van der Waals surface area contributed by atoms with Crippen LogP contribution in [0.1, 0.15) is 44.2 Å². The maximum Gasteiger partial charge on any atom is 0.287 e. The van der Waals surface area contributed by atoms with Gasteiger partial charge in [-0.25, -0.2) is 13.1 Å². The highest BCUT2D eigenvalue weighted by atomic mass is 35.5. The lowest BCUT2D eigenvalue weighted by atomic mass is 10.1. The van der Waals surface area contributed by atoms with Crippen molar-refractivity contribution in [3.8, 4) is 5.75 Å². The molecule has 2 heterocycles. The quantitative estimate of drug-likeness (QED) is 0.206. The Morgan fingerprint density at radius 3 is 2.49 bits per heavy atom. The predicted octanol–water partition coefficient (Wildman–Crippen LogP) is 5.19. The number of halogens is 2. The highest BCUT2D eigenvalue weighted by molar-refractivity contribution is 7.90. The molecule has 0 spiro atoms. The van der Waals surface area contributed by atoms with E-state index in [4.69, 9.17) is 32.4 Å². The lowest BCUT2D eigenvalue weighted by Gasteiger charge is -2.11. The Morgan fingerprint density at radius 1 is 1.05 bits per heavy atom. The van der Waals surface area contributed by atoms with Crippen LogP contribution >= 0.6 is 23.2 Å². The number of benzene rings is 2. The summed E-state index contributed by atoms with van der Waals surface area (Å²) in [5.74, 6) is -1.10. The molecule has 2 amide bonds. The Hall–Kier alpha value is -3.47. The van der Waals surface area contributed by atoms with Crippen LogP contribution in [-0.2, 0) is 16.4 Å². The van der Waals surface area contributed by atoms with E-state index in [1.54, 1.807) is 24.3 Å². The van der Waals surface area contributed by atoms with Gasteiger partial charge in [0, 0.05) is 27.5 Å². The maximum atomic E-state index is 13.1. The van der Waals surface area contributed by atoms with Crippen molar-refractivity contribution in [2.75, 3.05) is 18.9 Å². The molecule has 0 atom stereocenters. The number of fused-ring (bicyclic) bond motifs is 1. The monoisotopic (exact) mass is 591 g/mol. The van der Waals surface area contributed by atoms with Crippen molar-refractivity contribution in [2.24, 2.45) is 0 Å². The fourth-order valence-electron chi connectivity index (χ4n) is 4.15. The first-order valence-electron chi connectivity index (χ1n) is 12.1. The van der Waals surface area contributed by atoms with Gasteiger partial charge in [0.1, 0.15) is 11.4 Å². The van der Waals surface area contributed by atoms with Gasteiger partial charge in [-0.05, 0) is 79.8 Å². The molecule has 2 aromatic carbocycles. The van der Waals surface area contributed by atoms with E-state index in [9.17, 15) is 18.0 Å². The van der Waals surface area contributed by atoms with Crippen LogP contribution < -0.4 is 14.8 Å². The second-order valence-corrected chi connectivity index (χ2v) is 11.6. The molecule has 0 aliphatic carbocycles. The van der Waals surface area contributed by atoms with Gasteiger partial charge >= 0.3 is 0 Å². The summed E-state index contributed by atoms with van der Waals surface area (Å²) in [6.45, 7) is 3.98. The molecule has 0 radical (unpaired) electrons. The van der Waals surface area contributed by atoms with E-state index in [0.29, 0.717) is 46.3 Å². The zero-order valence-electron chi connectivity index (χ0n) is 21.3. The zero-order valence-corrected chi connectivity index (χ0v) is 23.6.